The first-order valence-corrected chi connectivity index (χ1v) is 7.23. The molecule has 0 saturated carbocycles. The molecular weight excluding hydrogens is 369 g/mol. The number of halogens is 5. The van der Waals surface area contributed by atoms with Gasteiger partial charge in [-0.05, 0) is 51.3 Å². The first kappa shape index (κ1) is 16.3. The lowest BCUT2D eigenvalue weighted by Crippen LogP contribution is -2.06. The first-order chi connectivity index (χ1) is 9.77. The molecule has 0 amide bonds. The highest BCUT2D eigenvalue weighted by Gasteiger charge is 2.29. The van der Waals surface area contributed by atoms with Crippen molar-refractivity contribution in [2.24, 2.45) is 0 Å². The number of aliphatic hydroxyl groups is 1. The van der Waals surface area contributed by atoms with Crippen LogP contribution in [0, 0.1) is 0 Å². The maximum absolute atomic E-state index is 12.5. The molecular formula is C15H11BrClF3O. The fourth-order valence-electron chi connectivity index (χ4n) is 1.89. The van der Waals surface area contributed by atoms with Gasteiger partial charge in [-0.25, -0.2) is 0 Å². The van der Waals surface area contributed by atoms with Crippen molar-refractivity contribution in [3.8, 4) is 0 Å². The van der Waals surface area contributed by atoms with E-state index in [-0.39, 0.29) is 6.42 Å². The summed E-state index contributed by atoms with van der Waals surface area (Å²) in [5.41, 5.74) is 0.572. The highest BCUT2D eigenvalue weighted by atomic mass is 79.9. The van der Waals surface area contributed by atoms with Gasteiger partial charge < -0.3 is 5.11 Å². The molecule has 0 spiro atoms. The van der Waals surface area contributed by atoms with E-state index in [9.17, 15) is 18.3 Å². The van der Waals surface area contributed by atoms with Gasteiger partial charge in [0.1, 0.15) is 0 Å². The van der Waals surface area contributed by atoms with Gasteiger partial charge in [0, 0.05) is 10.9 Å². The molecule has 1 N–H and O–H groups in total. The molecule has 0 aliphatic carbocycles. The Hall–Kier alpha value is -1.04. The summed E-state index contributed by atoms with van der Waals surface area (Å²) >= 11 is 9.13. The van der Waals surface area contributed by atoms with Crippen molar-refractivity contribution in [1.29, 1.82) is 0 Å². The molecule has 0 heterocycles. The summed E-state index contributed by atoms with van der Waals surface area (Å²) in [6.45, 7) is 0. The molecule has 0 bridgehead atoms. The van der Waals surface area contributed by atoms with E-state index >= 15 is 0 Å². The smallest absolute Gasteiger partial charge is 0.388 e. The number of rotatable bonds is 3. The zero-order chi connectivity index (χ0) is 15.6. The van der Waals surface area contributed by atoms with Crippen molar-refractivity contribution in [3.05, 3.63) is 68.7 Å². The SMILES string of the molecule is OC(Cc1ccc(C(F)(F)F)cc1)c1ccc(Cl)c(Br)c1. The molecule has 21 heavy (non-hydrogen) atoms. The lowest BCUT2D eigenvalue weighted by molar-refractivity contribution is -0.137. The van der Waals surface area contributed by atoms with Gasteiger partial charge in [-0.3, -0.25) is 0 Å². The standard InChI is InChI=1S/C15H11BrClF3O/c16-12-8-10(3-6-13(12)17)14(21)7-9-1-4-11(5-2-9)15(18,19)20/h1-6,8,14,21H,7H2. The Kier molecular flexibility index (Phi) is 4.96. The lowest BCUT2D eigenvalue weighted by Gasteiger charge is -2.13. The molecule has 0 aromatic heterocycles. The second-order valence-electron chi connectivity index (χ2n) is 4.59. The molecule has 0 aliphatic rings. The fraction of sp³-hybridized carbons (Fsp3) is 0.200. The van der Waals surface area contributed by atoms with Crippen LogP contribution in [0.1, 0.15) is 22.8 Å². The van der Waals surface area contributed by atoms with Crippen LogP contribution in [0.3, 0.4) is 0 Å². The van der Waals surface area contributed by atoms with Gasteiger partial charge in [0.15, 0.2) is 0 Å². The van der Waals surface area contributed by atoms with Crippen LogP contribution in [0.25, 0.3) is 0 Å². The molecule has 6 heteroatoms. The van der Waals surface area contributed by atoms with E-state index in [2.05, 4.69) is 15.9 Å². The summed E-state index contributed by atoms with van der Waals surface area (Å²) in [6.07, 6.45) is -4.93. The number of hydrogen-bond acceptors (Lipinski definition) is 1. The second kappa shape index (κ2) is 6.38. The van der Waals surface area contributed by atoms with Crippen molar-refractivity contribution >= 4 is 27.5 Å². The number of aliphatic hydroxyl groups excluding tert-OH is 1. The minimum atomic E-state index is -4.35. The van der Waals surface area contributed by atoms with Gasteiger partial charge in [-0.15, -0.1) is 0 Å². The number of alkyl halides is 3. The van der Waals surface area contributed by atoms with E-state index in [1.54, 1.807) is 18.2 Å². The molecule has 1 atom stereocenters. The van der Waals surface area contributed by atoms with Crippen molar-refractivity contribution < 1.29 is 18.3 Å². The van der Waals surface area contributed by atoms with Gasteiger partial charge >= 0.3 is 6.18 Å². The van der Waals surface area contributed by atoms with Gasteiger partial charge in [-0.1, -0.05) is 29.8 Å². The van der Waals surface area contributed by atoms with Crippen molar-refractivity contribution in [2.75, 3.05) is 0 Å². The summed E-state index contributed by atoms with van der Waals surface area (Å²) in [4.78, 5) is 0. The summed E-state index contributed by atoms with van der Waals surface area (Å²) in [7, 11) is 0. The monoisotopic (exact) mass is 378 g/mol. The van der Waals surface area contributed by atoms with Crippen LogP contribution >= 0.6 is 27.5 Å². The Morgan fingerprint density at radius 1 is 1.10 bits per heavy atom. The van der Waals surface area contributed by atoms with Crippen molar-refractivity contribution in [1.82, 2.24) is 0 Å². The Morgan fingerprint density at radius 3 is 2.24 bits per heavy atom. The largest absolute Gasteiger partial charge is 0.416 e. The van der Waals surface area contributed by atoms with Crippen LogP contribution < -0.4 is 0 Å². The third kappa shape index (κ3) is 4.22. The van der Waals surface area contributed by atoms with E-state index in [1.807, 2.05) is 0 Å². The van der Waals surface area contributed by atoms with Crippen LogP contribution in [0.15, 0.2) is 46.9 Å². The average molecular weight is 380 g/mol. The maximum Gasteiger partial charge on any atom is 0.416 e. The van der Waals surface area contributed by atoms with Crippen molar-refractivity contribution in [3.63, 3.8) is 0 Å². The zero-order valence-corrected chi connectivity index (χ0v) is 13.0. The number of hydrogen-bond donors (Lipinski definition) is 1. The highest BCUT2D eigenvalue weighted by molar-refractivity contribution is 9.10. The molecule has 2 aromatic rings. The Labute approximate surface area is 133 Å². The molecule has 0 aliphatic heterocycles. The summed E-state index contributed by atoms with van der Waals surface area (Å²) in [5, 5.41) is 10.7. The summed E-state index contributed by atoms with van der Waals surface area (Å²) in [6, 6.07) is 9.80. The third-order valence-corrected chi connectivity index (χ3v) is 4.25. The van der Waals surface area contributed by atoms with Gasteiger partial charge in [0.25, 0.3) is 0 Å². The van der Waals surface area contributed by atoms with Crippen LogP contribution in [-0.4, -0.2) is 5.11 Å². The van der Waals surface area contributed by atoms with Crippen LogP contribution in [0.5, 0.6) is 0 Å². The minimum absolute atomic E-state index is 0.228. The molecule has 2 rings (SSSR count). The second-order valence-corrected chi connectivity index (χ2v) is 5.85. The first-order valence-electron chi connectivity index (χ1n) is 6.06. The Bertz CT molecular complexity index is 626. The van der Waals surface area contributed by atoms with Gasteiger partial charge in [0.2, 0.25) is 0 Å². The number of benzene rings is 2. The molecule has 0 fully saturated rings. The third-order valence-electron chi connectivity index (χ3n) is 3.04. The van der Waals surface area contributed by atoms with Crippen LogP contribution in [-0.2, 0) is 12.6 Å². The van der Waals surface area contributed by atoms with Crippen LogP contribution in [0.4, 0.5) is 13.2 Å². The van der Waals surface area contributed by atoms with Gasteiger partial charge in [0.05, 0.1) is 16.7 Å². The van der Waals surface area contributed by atoms with Crippen LogP contribution in [0.2, 0.25) is 5.02 Å². The van der Waals surface area contributed by atoms with E-state index < -0.39 is 17.8 Å². The summed E-state index contributed by atoms with van der Waals surface area (Å²) in [5.74, 6) is 0. The highest BCUT2D eigenvalue weighted by Crippen LogP contribution is 2.30. The van der Waals surface area contributed by atoms with Crippen molar-refractivity contribution in [2.45, 2.75) is 18.7 Å². The normalized spacial score (nSPS) is 13.2. The van der Waals surface area contributed by atoms with E-state index in [0.717, 1.165) is 12.1 Å². The maximum atomic E-state index is 12.5. The topological polar surface area (TPSA) is 20.2 Å². The molecule has 2 aromatic carbocycles. The van der Waals surface area contributed by atoms with Gasteiger partial charge in [-0.2, -0.15) is 13.2 Å². The quantitative estimate of drug-likeness (QED) is 0.757. The Morgan fingerprint density at radius 2 is 1.71 bits per heavy atom. The molecule has 0 saturated heterocycles. The lowest BCUT2D eigenvalue weighted by atomic mass is 10.0. The van der Waals surface area contributed by atoms with E-state index in [1.165, 1.54) is 12.1 Å². The molecule has 1 unspecified atom stereocenters. The molecule has 1 nitrogen and oxygen atoms in total. The van der Waals surface area contributed by atoms with E-state index in [0.29, 0.717) is 20.6 Å². The zero-order valence-electron chi connectivity index (χ0n) is 10.7. The molecule has 0 radical (unpaired) electrons. The predicted molar refractivity (Wildman–Crippen MR) is 79.3 cm³/mol. The molecule has 112 valence electrons. The Balaban J connectivity index is 2.12. The fourth-order valence-corrected chi connectivity index (χ4v) is 2.40. The minimum Gasteiger partial charge on any atom is -0.388 e. The predicted octanol–water partition coefficient (Wildman–Crippen LogP) is 5.40. The summed E-state index contributed by atoms with van der Waals surface area (Å²) < 4.78 is 38.0. The average Bonchev–Trinajstić information content (AvgIpc) is 2.41. The van der Waals surface area contributed by atoms with E-state index in [4.69, 9.17) is 11.6 Å².